The summed E-state index contributed by atoms with van der Waals surface area (Å²) in [5, 5.41) is 10.9. The van der Waals surface area contributed by atoms with Crippen LogP contribution in [0.2, 0.25) is 0 Å². The maximum absolute atomic E-state index is 14.3. The largest absolute Gasteiger partial charge is 0.444 e. The van der Waals surface area contributed by atoms with E-state index in [1.807, 2.05) is 20.8 Å². The molecule has 3 aliphatic rings. The second-order valence-corrected chi connectivity index (χ2v) is 16.0. The van der Waals surface area contributed by atoms with E-state index < -0.39 is 53.0 Å². The summed E-state index contributed by atoms with van der Waals surface area (Å²) in [4.78, 5) is 81.1. The molecule has 4 N–H and O–H groups in total. The van der Waals surface area contributed by atoms with Crippen LogP contribution in [0.25, 0.3) is 0 Å². The number of nitrogens with zero attached hydrogens (tertiary/aromatic N) is 1. The van der Waals surface area contributed by atoms with Gasteiger partial charge in [-0.15, -0.1) is 6.58 Å². The Balaban J connectivity index is 1.77. The first-order valence-electron chi connectivity index (χ1n) is 17.1. The number of ether oxygens (including phenoxy) is 1. The SMILES string of the molecule is C=CCCC(NC(=O)[C@@H]1C2C(CN1C(=O)[C@@H](NC(=O)OC(C)(C)C)C1CCCCC1)C2(C)C)C(=O)C(=O)NCCC(=O)NC(C)(C)C. The number of likely N-dealkylation sites (tertiary alicyclic amines) is 1. The van der Waals surface area contributed by atoms with Gasteiger partial charge >= 0.3 is 6.09 Å². The van der Waals surface area contributed by atoms with E-state index in [1.165, 1.54) is 0 Å². The highest BCUT2D eigenvalue weighted by molar-refractivity contribution is 6.38. The molecule has 0 aromatic heterocycles. The number of hydrogen-bond donors (Lipinski definition) is 4. The lowest BCUT2D eigenvalue weighted by Crippen LogP contribution is -2.60. The minimum Gasteiger partial charge on any atom is -0.444 e. The molecule has 0 radical (unpaired) electrons. The van der Waals surface area contributed by atoms with Gasteiger partial charge in [0, 0.05) is 25.0 Å². The quantitative estimate of drug-likeness (QED) is 0.174. The number of carbonyl (C=O) groups excluding carboxylic acids is 6. The molecule has 0 bridgehead atoms. The minimum atomic E-state index is -1.14. The number of hydrogen-bond acceptors (Lipinski definition) is 7. The number of piperidine rings is 1. The fourth-order valence-electron chi connectivity index (χ4n) is 7.10. The molecule has 0 aromatic carbocycles. The standard InChI is InChI=1S/C35H57N5O7/c1-10-11-17-23(28(42)30(44)36-19-18-24(41)39-33(2,3)4)37-29(43)27-25-22(35(25,8)9)20-40(27)31(45)26(21-15-13-12-14-16-21)38-32(46)47-34(5,6)7/h10,21-23,25-27H,1,11-20H2,2-9H3,(H,36,44)(H,37,43)(H,38,46)(H,39,41)/t22?,23?,25?,26-,27-/m0/s1. The van der Waals surface area contributed by atoms with Crippen LogP contribution < -0.4 is 21.3 Å². The van der Waals surface area contributed by atoms with Crippen LogP contribution in [0.1, 0.15) is 107 Å². The molecule has 1 saturated heterocycles. The van der Waals surface area contributed by atoms with Crippen LogP contribution in [0.4, 0.5) is 4.79 Å². The van der Waals surface area contributed by atoms with Crippen molar-refractivity contribution >= 4 is 35.5 Å². The monoisotopic (exact) mass is 659 g/mol. The van der Waals surface area contributed by atoms with E-state index in [0.29, 0.717) is 13.0 Å². The zero-order valence-electron chi connectivity index (χ0n) is 29.6. The van der Waals surface area contributed by atoms with Crippen molar-refractivity contribution in [1.82, 2.24) is 26.2 Å². The zero-order valence-corrected chi connectivity index (χ0v) is 29.6. The Hall–Kier alpha value is -3.44. The van der Waals surface area contributed by atoms with E-state index in [0.717, 1.165) is 32.1 Å². The number of alkyl carbamates (subject to hydrolysis) is 1. The maximum Gasteiger partial charge on any atom is 0.408 e. The highest BCUT2D eigenvalue weighted by Gasteiger charge is 2.69. The molecule has 5 atom stereocenters. The van der Waals surface area contributed by atoms with Gasteiger partial charge < -0.3 is 30.9 Å². The van der Waals surface area contributed by atoms with Gasteiger partial charge in [0.2, 0.25) is 23.5 Å². The Kier molecular flexibility index (Phi) is 12.3. The number of amides is 5. The molecule has 3 unspecified atom stereocenters. The predicted molar refractivity (Wildman–Crippen MR) is 178 cm³/mol. The second kappa shape index (κ2) is 15.2. The van der Waals surface area contributed by atoms with Gasteiger partial charge in [0.25, 0.3) is 5.91 Å². The van der Waals surface area contributed by atoms with Crippen molar-refractivity contribution in [2.75, 3.05) is 13.1 Å². The Morgan fingerprint density at radius 2 is 1.62 bits per heavy atom. The van der Waals surface area contributed by atoms with Gasteiger partial charge in [-0.25, -0.2) is 4.79 Å². The summed E-state index contributed by atoms with van der Waals surface area (Å²) in [6, 6.07) is -2.85. The van der Waals surface area contributed by atoms with Crippen molar-refractivity contribution in [3.63, 3.8) is 0 Å². The highest BCUT2D eigenvalue weighted by Crippen LogP contribution is 2.65. The van der Waals surface area contributed by atoms with Gasteiger partial charge in [-0.05, 0) is 90.4 Å². The molecule has 3 rings (SSSR count). The summed E-state index contributed by atoms with van der Waals surface area (Å²) in [6.45, 7) is 19.0. The molecule has 47 heavy (non-hydrogen) atoms. The van der Waals surface area contributed by atoms with Crippen LogP contribution >= 0.6 is 0 Å². The maximum atomic E-state index is 14.3. The van der Waals surface area contributed by atoms with Crippen LogP contribution in [0.5, 0.6) is 0 Å². The molecule has 1 aliphatic heterocycles. The molecule has 12 heteroatoms. The molecule has 0 aromatic rings. The molecule has 5 amide bonds. The van der Waals surface area contributed by atoms with E-state index in [1.54, 1.807) is 31.7 Å². The lowest BCUT2D eigenvalue weighted by atomic mass is 9.83. The van der Waals surface area contributed by atoms with Crippen LogP contribution in [0.15, 0.2) is 12.7 Å². The van der Waals surface area contributed by atoms with Crippen molar-refractivity contribution in [2.24, 2.45) is 23.2 Å². The number of Topliss-reactive ketones (excluding diaryl/α,β-unsaturated/α-hetero) is 1. The molecule has 2 saturated carbocycles. The smallest absolute Gasteiger partial charge is 0.408 e. The van der Waals surface area contributed by atoms with Crippen LogP contribution in [-0.4, -0.2) is 82.8 Å². The number of carbonyl (C=O) groups is 6. The van der Waals surface area contributed by atoms with Crippen molar-refractivity contribution in [3.8, 4) is 0 Å². The average molecular weight is 660 g/mol. The number of nitrogens with one attached hydrogen (secondary N) is 4. The van der Waals surface area contributed by atoms with Crippen molar-refractivity contribution in [1.29, 1.82) is 0 Å². The van der Waals surface area contributed by atoms with Gasteiger partial charge in [0.1, 0.15) is 17.7 Å². The lowest BCUT2D eigenvalue weighted by molar-refractivity contribution is -0.145. The normalized spacial score (nSPS) is 23.4. The highest BCUT2D eigenvalue weighted by atomic mass is 16.6. The fraction of sp³-hybridized carbons (Fsp3) is 0.771. The van der Waals surface area contributed by atoms with Crippen molar-refractivity contribution in [2.45, 2.75) is 136 Å². The number of fused-ring (bicyclic) bond motifs is 1. The Morgan fingerprint density at radius 1 is 0.979 bits per heavy atom. The van der Waals surface area contributed by atoms with E-state index in [4.69, 9.17) is 4.74 Å². The fourth-order valence-corrected chi connectivity index (χ4v) is 7.10. The summed E-state index contributed by atoms with van der Waals surface area (Å²) in [6.07, 6.45) is 5.95. The molecule has 12 nitrogen and oxygen atoms in total. The predicted octanol–water partition coefficient (Wildman–Crippen LogP) is 3.38. The second-order valence-electron chi connectivity index (χ2n) is 16.0. The third kappa shape index (κ3) is 10.3. The third-order valence-electron chi connectivity index (χ3n) is 9.49. The van der Waals surface area contributed by atoms with Crippen LogP contribution in [-0.2, 0) is 28.7 Å². The van der Waals surface area contributed by atoms with Crippen LogP contribution in [0.3, 0.4) is 0 Å². The molecule has 3 fully saturated rings. The summed E-state index contributed by atoms with van der Waals surface area (Å²) < 4.78 is 5.50. The van der Waals surface area contributed by atoms with Crippen molar-refractivity contribution < 1.29 is 33.5 Å². The van der Waals surface area contributed by atoms with Crippen molar-refractivity contribution in [3.05, 3.63) is 12.7 Å². The van der Waals surface area contributed by atoms with E-state index in [9.17, 15) is 28.8 Å². The number of allylic oxidation sites excluding steroid dienone is 1. The molecular formula is C35H57N5O7. The first-order chi connectivity index (χ1) is 21.8. The average Bonchev–Trinajstić information content (AvgIpc) is 3.26. The first kappa shape index (κ1) is 38.0. The molecule has 264 valence electrons. The lowest BCUT2D eigenvalue weighted by Gasteiger charge is -2.37. The summed E-state index contributed by atoms with van der Waals surface area (Å²) in [5.41, 5.74) is -1.36. The van der Waals surface area contributed by atoms with E-state index in [-0.39, 0.29) is 54.4 Å². The van der Waals surface area contributed by atoms with E-state index >= 15 is 0 Å². The summed E-state index contributed by atoms with van der Waals surface area (Å²) in [5.74, 6) is -2.96. The topological polar surface area (TPSA) is 163 Å². The van der Waals surface area contributed by atoms with Gasteiger partial charge in [0.15, 0.2) is 0 Å². The van der Waals surface area contributed by atoms with Gasteiger partial charge in [-0.1, -0.05) is 39.2 Å². The molecule has 1 heterocycles. The van der Waals surface area contributed by atoms with E-state index in [2.05, 4.69) is 41.7 Å². The summed E-state index contributed by atoms with van der Waals surface area (Å²) in [7, 11) is 0. The number of rotatable bonds is 13. The molecular weight excluding hydrogens is 602 g/mol. The van der Waals surface area contributed by atoms with Gasteiger partial charge in [-0.2, -0.15) is 0 Å². The molecule has 2 aliphatic carbocycles. The first-order valence-corrected chi connectivity index (χ1v) is 17.1. The Labute approximate surface area is 279 Å². The Morgan fingerprint density at radius 3 is 2.19 bits per heavy atom. The van der Waals surface area contributed by atoms with Gasteiger partial charge in [0.05, 0.1) is 6.04 Å². The number of ketones is 1. The molecule has 0 spiro atoms. The third-order valence-corrected chi connectivity index (χ3v) is 9.49. The zero-order chi connectivity index (χ0) is 35.3. The van der Waals surface area contributed by atoms with Gasteiger partial charge in [-0.3, -0.25) is 24.0 Å². The Bertz CT molecular complexity index is 1210. The van der Waals surface area contributed by atoms with Crippen LogP contribution in [0, 0.1) is 23.2 Å². The summed E-state index contributed by atoms with van der Waals surface area (Å²) >= 11 is 0. The minimum absolute atomic E-state index is 0.00321.